The van der Waals surface area contributed by atoms with E-state index in [1.165, 1.54) is 0 Å². The number of halogens is 1. The number of para-hydroxylation sites is 1. The van der Waals surface area contributed by atoms with Crippen molar-refractivity contribution >= 4 is 11.6 Å². The summed E-state index contributed by atoms with van der Waals surface area (Å²) in [6.07, 6.45) is 5.06. The molecular formula is C15H11ClO. The van der Waals surface area contributed by atoms with Gasteiger partial charge in [-0.2, -0.15) is 0 Å². The maximum atomic E-state index is 5.92. The Balaban J connectivity index is 2.21. The van der Waals surface area contributed by atoms with Crippen LogP contribution in [0, 0.1) is 12.3 Å². The molecule has 0 spiro atoms. The van der Waals surface area contributed by atoms with Crippen LogP contribution in [0.5, 0.6) is 5.75 Å². The minimum Gasteiger partial charge on any atom is -0.473 e. The number of ether oxygens (including phenoxy) is 1. The highest BCUT2D eigenvalue weighted by Crippen LogP contribution is 2.23. The van der Waals surface area contributed by atoms with Gasteiger partial charge in [0.2, 0.25) is 0 Å². The fraction of sp³-hybridized carbons (Fsp3) is 0.0667. The molecule has 17 heavy (non-hydrogen) atoms. The summed E-state index contributed by atoms with van der Waals surface area (Å²) in [5.41, 5.74) is 0.879. The lowest BCUT2D eigenvalue weighted by Gasteiger charge is -2.14. The van der Waals surface area contributed by atoms with Crippen LogP contribution < -0.4 is 4.74 Å². The molecule has 0 fully saturated rings. The van der Waals surface area contributed by atoms with Crippen molar-refractivity contribution in [1.82, 2.24) is 0 Å². The summed E-state index contributed by atoms with van der Waals surface area (Å²) < 4.78 is 5.71. The monoisotopic (exact) mass is 242 g/mol. The second-order valence-corrected chi connectivity index (χ2v) is 3.97. The first kappa shape index (κ1) is 11.6. The van der Waals surface area contributed by atoms with Gasteiger partial charge in [0, 0.05) is 10.6 Å². The molecule has 0 aliphatic carbocycles. The Labute approximate surface area is 106 Å². The Morgan fingerprint density at radius 2 is 1.82 bits per heavy atom. The van der Waals surface area contributed by atoms with E-state index in [1.54, 1.807) is 6.07 Å². The van der Waals surface area contributed by atoms with Gasteiger partial charge in [-0.25, -0.2) is 0 Å². The number of rotatable bonds is 3. The van der Waals surface area contributed by atoms with E-state index in [9.17, 15) is 0 Å². The van der Waals surface area contributed by atoms with Crippen LogP contribution >= 0.6 is 11.6 Å². The van der Waals surface area contributed by atoms with Gasteiger partial charge >= 0.3 is 0 Å². The van der Waals surface area contributed by atoms with E-state index in [-0.39, 0.29) is 0 Å². The van der Waals surface area contributed by atoms with E-state index in [0.29, 0.717) is 5.02 Å². The molecule has 2 rings (SSSR count). The molecule has 84 valence electrons. The van der Waals surface area contributed by atoms with Gasteiger partial charge in [0.25, 0.3) is 0 Å². The summed E-state index contributed by atoms with van der Waals surface area (Å²) >= 11 is 5.92. The molecular weight excluding hydrogens is 232 g/mol. The average Bonchev–Trinajstić information content (AvgIpc) is 2.37. The molecule has 0 radical (unpaired) electrons. The van der Waals surface area contributed by atoms with E-state index in [2.05, 4.69) is 5.92 Å². The molecule has 0 N–H and O–H groups in total. The highest BCUT2D eigenvalue weighted by molar-refractivity contribution is 6.30. The standard InChI is InChI=1S/C15H11ClO/c1-2-15(12-7-6-8-13(16)11-12)17-14-9-4-3-5-10-14/h1,3-11,15H. The summed E-state index contributed by atoms with van der Waals surface area (Å²) in [4.78, 5) is 0. The Kier molecular flexibility index (Phi) is 3.69. The molecule has 0 aliphatic rings. The lowest BCUT2D eigenvalue weighted by molar-refractivity contribution is 0.265. The predicted octanol–water partition coefficient (Wildman–Crippen LogP) is 4.09. The molecule has 0 amide bonds. The number of hydrogen-bond acceptors (Lipinski definition) is 1. The SMILES string of the molecule is C#CC(Oc1ccccc1)c1cccc(Cl)c1. The first-order chi connectivity index (χ1) is 8.29. The van der Waals surface area contributed by atoms with Crippen LogP contribution in [0.1, 0.15) is 11.7 Å². The fourth-order valence-electron chi connectivity index (χ4n) is 1.50. The normalized spacial score (nSPS) is 11.5. The van der Waals surface area contributed by atoms with Crippen LogP contribution in [-0.2, 0) is 0 Å². The minimum absolute atomic E-state index is 0.420. The van der Waals surface area contributed by atoms with E-state index in [1.807, 2.05) is 48.5 Å². The van der Waals surface area contributed by atoms with Crippen molar-refractivity contribution in [2.45, 2.75) is 6.10 Å². The number of terminal acetylenes is 1. The molecule has 2 aromatic carbocycles. The van der Waals surface area contributed by atoms with Gasteiger partial charge in [0.15, 0.2) is 6.10 Å². The average molecular weight is 243 g/mol. The molecule has 0 saturated heterocycles. The van der Waals surface area contributed by atoms with Crippen molar-refractivity contribution in [3.05, 3.63) is 65.2 Å². The van der Waals surface area contributed by atoms with Crippen molar-refractivity contribution in [2.75, 3.05) is 0 Å². The molecule has 0 aromatic heterocycles. The zero-order chi connectivity index (χ0) is 12.1. The third kappa shape index (κ3) is 3.03. The molecule has 0 saturated carbocycles. The first-order valence-corrected chi connectivity index (χ1v) is 5.60. The van der Waals surface area contributed by atoms with E-state index in [0.717, 1.165) is 11.3 Å². The van der Waals surface area contributed by atoms with E-state index >= 15 is 0 Å². The van der Waals surface area contributed by atoms with Crippen molar-refractivity contribution in [2.24, 2.45) is 0 Å². The van der Waals surface area contributed by atoms with Gasteiger partial charge in [-0.3, -0.25) is 0 Å². The van der Waals surface area contributed by atoms with Crippen LogP contribution in [0.4, 0.5) is 0 Å². The zero-order valence-electron chi connectivity index (χ0n) is 9.14. The highest BCUT2D eigenvalue weighted by Gasteiger charge is 2.09. The summed E-state index contributed by atoms with van der Waals surface area (Å²) in [5, 5.41) is 0.652. The third-order valence-electron chi connectivity index (χ3n) is 2.30. The number of hydrogen-bond donors (Lipinski definition) is 0. The van der Waals surface area contributed by atoms with E-state index < -0.39 is 6.10 Å². The Morgan fingerprint density at radius 3 is 2.47 bits per heavy atom. The van der Waals surface area contributed by atoms with Gasteiger partial charge < -0.3 is 4.74 Å². The fourth-order valence-corrected chi connectivity index (χ4v) is 1.70. The Bertz CT molecular complexity index is 528. The van der Waals surface area contributed by atoms with Crippen LogP contribution in [0.2, 0.25) is 5.02 Å². The summed E-state index contributed by atoms with van der Waals surface area (Å²) in [7, 11) is 0. The smallest absolute Gasteiger partial charge is 0.184 e. The van der Waals surface area contributed by atoms with Gasteiger partial charge in [-0.05, 0) is 24.3 Å². The lowest BCUT2D eigenvalue weighted by Crippen LogP contribution is -2.04. The summed E-state index contributed by atoms with van der Waals surface area (Å²) in [6, 6.07) is 16.9. The maximum absolute atomic E-state index is 5.92. The van der Waals surface area contributed by atoms with Crippen molar-refractivity contribution in [1.29, 1.82) is 0 Å². The van der Waals surface area contributed by atoms with Crippen molar-refractivity contribution < 1.29 is 4.74 Å². The summed E-state index contributed by atoms with van der Waals surface area (Å²) in [6.45, 7) is 0. The molecule has 0 aliphatic heterocycles. The second-order valence-electron chi connectivity index (χ2n) is 3.53. The first-order valence-electron chi connectivity index (χ1n) is 5.23. The summed E-state index contributed by atoms with van der Waals surface area (Å²) in [5.74, 6) is 3.36. The van der Waals surface area contributed by atoms with Gasteiger partial charge in [-0.15, -0.1) is 6.42 Å². The Hall–Kier alpha value is -1.91. The topological polar surface area (TPSA) is 9.23 Å². The van der Waals surface area contributed by atoms with Crippen LogP contribution in [0.15, 0.2) is 54.6 Å². The quantitative estimate of drug-likeness (QED) is 0.737. The van der Waals surface area contributed by atoms with E-state index in [4.69, 9.17) is 22.8 Å². The lowest BCUT2D eigenvalue weighted by atomic mass is 10.1. The van der Waals surface area contributed by atoms with Crippen LogP contribution in [-0.4, -0.2) is 0 Å². The predicted molar refractivity (Wildman–Crippen MR) is 70.1 cm³/mol. The largest absolute Gasteiger partial charge is 0.473 e. The van der Waals surface area contributed by atoms with Crippen molar-refractivity contribution in [3.8, 4) is 18.1 Å². The maximum Gasteiger partial charge on any atom is 0.184 e. The molecule has 1 atom stereocenters. The molecule has 1 unspecified atom stereocenters. The molecule has 0 heterocycles. The molecule has 0 bridgehead atoms. The highest BCUT2D eigenvalue weighted by atomic mass is 35.5. The number of benzene rings is 2. The molecule has 1 nitrogen and oxygen atoms in total. The molecule has 2 aromatic rings. The minimum atomic E-state index is -0.420. The van der Waals surface area contributed by atoms with Gasteiger partial charge in [-0.1, -0.05) is 47.9 Å². The Morgan fingerprint density at radius 1 is 1.06 bits per heavy atom. The second kappa shape index (κ2) is 5.43. The van der Waals surface area contributed by atoms with Crippen LogP contribution in [0.3, 0.4) is 0 Å². The van der Waals surface area contributed by atoms with Gasteiger partial charge in [0.05, 0.1) is 0 Å². The zero-order valence-corrected chi connectivity index (χ0v) is 9.89. The molecule has 2 heteroatoms. The van der Waals surface area contributed by atoms with Crippen LogP contribution in [0.25, 0.3) is 0 Å². The van der Waals surface area contributed by atoms with Gasteiger partial charge in [0.1, 0.15) is 5.75 Å². The van der Waals surface area contributed by atoms with Crippen molar-refractivity contribution in [3.63, 3.8) is 0 Å². The third-order valence-corrected chi connectivity index (χ3v) is 2.54.